The number of nitrogens with two attached hydrogens (primary N) is 1. The minimum atomic E-state index is -0.466. The molecule has 1 fully saturated rings. The monoisotopic (exact) mass is 290 g/mol. The van der Waals surface area contributed by atoms with Gasteiger partial charge in [-0.15, -0.1) is 0 Å². The number of anilines is 1. The normalized spacial score (nSPS) is 23.0. The van der Waals surface area contributed by atoms with Crippen molar-refractivity contribution < 1.29 is 9.53 Å². The fourth-order valence-electron chi connectivity index (χ4n) is 2.71. The minimum Gasteiger partial charge on any atom is -0.444 e. The van der Waals surface area contributed by atoms with Gasteiger partial charge in [0, 0.05) is 12.2 Å². The molecule has 1 amide bonds. The van der Waals surface area contributed by atoms with Crippen LogP contribution >= 0.6 is 0 Å². The van der Waals surface area contributed by atoms with Gasteiger partial charge in [-0.2, -0.15) is 0 Å². The molecule has 1 heterocycles. The van der Waals surface area contributed by atoms with Crippen LogP contribution in [0.2, 0.25) is 0 Å². The topological polar surface area (TPSA) is 55.6 Å². The maximum absolute atomic E-state index is 12.5. The molecule has 1 aliphatic rings. The highest BCUT2D eigenvalue weighted by atomic mass is 16.6. The molecule has 2 atom stereocenters. The van der Waals surface area contributed by atoms with Gasteiger partial charge in [-0.3, -0.25) is 0 Å². The Morgan fingerprint density at radius 3 is 2.48 bits per heavy atom. The first-order valence-electron chi connectivity index (χ1n) is 7.61. The van der Waals surface area contributed by atoms with E-state index >= 15 is 0 Å². The summed E-state index contributed by atoms with van der Waals surface area (Å²) in [5.74, 6) is 0.603. The maximum Gasteiger partial charge on any atom is 0.410 e. The molecule has 1 aromatic carbocycles. The molecule has 0 aliphatic carbocycles. The standard InChI is InChI=1S/C17H26N2O2/c1-12-9-10-19(16(20)21-17(2,3)4)15(11-12)13-5-7-14(18)8-6-13/h5-8,12,15H,9-11,18H2,1-4H3. The number of hydrogen-bond acceptors (Lipinski definition) is 3. The third-order valence-electron chi connectivity index (χ3n) is 3.81. The van der Waals surface area contributed by atoms with E-state index in [1.807, 2.05) is 49.9 Å². The predicted octanol–water partition coefficient (Wildman–Crippen LogP) is 3.98. The molecule has 2 rings (SSSR count). The second-order valence-electron chi connectivity index (χ2n) is 6.99. The van der Waals surface area contributed by atoms with Crippen molar-refractivity contribution in [2.24, 2.45) is 5.92 Å². The molecule has 0 radical (unpaired) electrons. The van der Waals surface area contributed by atoms with E-state index in [2.05, 4.69) is 6.92 Å². The van der Waals surface area contributed by atoms with Gasteiger partial charge in [0.15, 0.2) is 0 Å². The van der Waals surface area contributed by atoms with E-state index in [0.717, 1.165) is 30.6 Å². The highest BCUT2D eigenvalue weighted by molar-refractivity contribution is 5.69. The third kappa shape index (κ3) is 4.13. The number of amides is 1. The Kier molecular flexibility index (Phi) is 4.45. The zero-order valence-electron chi connectivity index (χ0n) is 13.4. The number of likely N-dealkylation sites (tertiary alicyclic amines) is 1. The van der Waals surface area contributed by atoms with Crippen LogP contribution in [0.25, 0.3) is 0 Å². The smallest absolute Gasteiger partial charge is 0.410 e. The lowest BCUT2D eigenvalue weighted by Crippen LogP contribution is -2.43. The largest absolute Gasteiger partial charge is 0.444 e. The molecule has 21 heavy (non-hydrogen) atoms. The molecule has 4 heteroatoms. The van der Waals surface area contributed by atoms with Crippen LogP contribution in [-0.4, -0.2) is 23.1 Å². The van der Waals surface area contributed by atoms with Crippen molar-refractivity contribution in [1.82, 2.24) is 4.90 Å². The average Bonchev–Trinajstić information content (AvgIpc) is 2.37. The number of carbonyl (C=O) groups excluding carboxylic acids is 1. The van der Waals surface area contributed by atoms with Gasteiger partial charge in [0.1, 0.15) is 5.60 Å². The van der Waals surface area contributed by atoms with Crippen LogP contribution in [0.4, 0.5) is 10.5 Å². The van der Waals surface area contributed by atoms with Gasteiger partial charge < -0.3 is 15.4 Å². The number of ether oxygens (including phenoxy) is 1. The van der Waals surface area contributed by atoms with Gasteiger partial charge in [-0.05, 0) is 57.2 Å². The van der Waals surface area contributed by atoms with E-state index in [-0.39, 0.29) is 12.1 Å². The Balaban J connectivity index is 2.21. The summed E-state index contributed by atoms with van der Waals surface area (Å²) in [4.78, 5) is 14.3. The Morgan fingerprint density at radius 2 is 1.90 bits per heavy atom. The van der Waals surface area contributed by atoms with Gasteiger partial charge in [0.2, 0.25) is 0 Å². The fraction of sp³-hybridized carbons (Fsp3) is 0.588. The fourth-order valence-corrected chi connectivity index (χ4v) is 2.71. The minimum absolute atomic E-state index is 0.0733. The highest BCUT2D eigenvalue weighted by Gasteiger charge is 2.33. The second kappa shape index (κ2) is 5.96. The lowest BCUT2D eigenvalue weighted by atomic mass is 9.88. The summed E-state index contributed by atoms with van der Waals surface area (Å²) in [6, 6.07) is 7.87. The molecule has 1 aromatic rings. The van der Waals surface area contributed by atoms with E-state index in [1.165, 1.54) is 0 Å². The first-order valence-corrected chi connectivity index (χ1v) is 7.61. The Hall–Kier alpha value is -1.71. The first kappa shape index (κ1) is 15.7. The number of benzene rings is 1. The van der Waals surface area contributed by atoms with Gasteiger partial charge in [0.05, 0.1) is 6.04 Å². The van der Waals surface area contributed by atoms with E-state index in [4.69, 9.17) is 10.5 Å². The molecule has 1 saturated heterocycles. The van der Waals surface area contributed by atoms with Crippen LogP contribution in [0.5, 0.6) is 0 Å². The second-order valence-corrected chi connectivity index (χ2v) is 6.99. The zero-order valence-corrected chi connectivity index (χ0v) is 13.4. The van der Waals surface area contributed by atoms with Crippen LogP contribution in [0.1, 0.15) is 52.1 Å². The molecular formula is C17H26N2O2. The SMILES string of the molecule is CC1CCN(C(=O)OC(C)(C)C)C(c2ccc(N)cc2)C1. The van der Waals surface area contributed by atoms with Crippen molar-refractivity contribution in [3.05, 3.63) is 29.8 Å². The number of hydrogen-bond donors (Lipinski definition) is 1. The quantitative estimate of drug-likeness (QED) is 0.796. The summed E-state index contributed by atoms with van der Waals surface area (Å²) in [6.45, 7) is 8.67. The van der Waals surface area contributed by atoms with E-state index < -0.39 is 5.60 Å². The Bertz CT molecular complexity index is 491. The van der Waals surface area contributed by atoms with Crippen LogP contribution in [-0.2, 0) is 4.74 Å². The number of carbonyl (C=O) groups is 1. The summed E-state index contributed by atoms with van der Waals surface area (Å²) >= 11 is 0. The molecular weight excluding hydrogens is 264 g/mol. The number of rotatable bonds is 1. The average molecular weight is 290 g/mol. The molecule has 2 N–H and O–H groups in total. The highest BCUT2D eigenvalue weighted by Crippen LogP contribution is 2.35. The first-order chi connectivity index (χ1) is 9.76. The van der Waals surface area contributed by atoms with Crippen molar-refractivity contribution in [3.63, 3.8) is 0 Å². The predicted molar refractivity (Wildman–Crippen MR) is 84.9 cm³/mol. The lowest BCUT2D eigenvalue weighted by Gasteiger charge is -2.39. The van der Waals surface area contributed by atoms with E-state index in [1.54, 1.807) is 0 Å². The summed E-state index contributed by atoms with van der Waals surface area (Å²) in [5, 5.41) is 0. The van der Waals surface area contributed by atoms with Gasteiger partial charge in [-0.1, -0.05) is 19.1 Å². The molecule has 0 spiro atoms. The molecule has 0 bridgehead atoms. The lowest BCUT2D eigenvalue weighted by molar-refractivity contribution is 0.00513. The van der Waals surface area contributed by atoms with E-state index in [9.17, 15) is 4.79 Å². The summed E-state index contributed by atoms with van der Waals surface area (Å²) in [7, 11) is 0. The van der Waals surface area contributed by atoms with Gasteiger partial charge in [0.25, 0.3) is 0 Å². The third-order valence-corrected chi connectivity index (χ3v) is 3.81. The molecule has 4 nitrogen and oxygen atoms in total. The van der Waals surface area contributed by atoms with Crippen LogP contribution < -0.4 is 5.73 Å². The van der Waals surface area contributed by atoms with Crippen molar-refractivity contribution in [2.75, 3.05) is 12.3 Å². The van der Waals surface area contributed by atoms with Crippen LogP contribution in [0.15, 0.2) is 24.3 Å². The Labute approximate surface area is 127 Å². The van der Waals surface area contributed by atoms with Gasteiger partial charge in [-0.25, -0.2) is 4.79 Å². The van der Waals surface area contributed by atoms with Crippen molar-refractivity contribution in [3.8, 4) is 0 Å². The van der Waals surface area contributed by atoms with Crippen LogP contribution in [0, 0.1) is 5.92 Å². The maximum atomic E-state index is 12.5. The van der Waals surface area contributed by atoms with Crippen molar-refractivity contribution in [1.29, 1.82) is 0 Å². The summed E-state index contributed by atoms with van der Waals surface area (Å²) < 4.78 is 5.55. The number of piperidine rings is 1. The molecule has 2 unspecified atom stereocenters. The molecule has 0 saturated carbocycles. The number of nitrogens with zero attached hydrogens (tertiary/aromatic N) is 1. The Morgan fingerprint density at radius 1 is 1.29 bits per heavy atom. The van der Waals surface area contributed by atoms with Gasteiger partial charge >= 0.3 is 6.09 Å². The number of nitrogen functional groups attached to an aromatic ring is 1. The molecule has 0 aromatic heterocycles. The summed E-state index contributed by atoms with van der Waals surface area (Å²) in [6.07, 6.45) is 1.75. The summed E-state index contributed by atoms with van der Waals surface area (Å²) in [5.41, 5.74) is 7.16. The van der Waals surface area contributed by atoms with E-state index in [0.29, 0.717) is 5.92 Å². The van der Waals surface area contributed by atoms with Crippen LogP contribution in [0.3, 0.4) is 0 Å². The zero-order chi connectivity index (χ0) is 15.6. The molecule has 1 aliphatic heterocycles. The molecule has 116 valence electrons. The van der Waals surface area contributed by atoms with Crippen molar-refractivity contribution in [2.45, 2.75) is 52.2 Å². The van der Waals surface area contributed by atoms with Crippen molar-refractivity contribution >= 4 is 11.8 Å².